The Balaban J connectivity index is 2.36. The van der Waals surface area contributed by atoms with Crippen LogP contribution in [0.5, 0.6) is 11.5 Å². The molecule has 22 heavy (non-hydrogen) atoms. The second-order valence-corrected chi connectivity index (χ2v) is 7.54. The van der Waals surface area contributed by atoms with E-state index in [0.717, 1.165) is 25.9 Å². The van der Waals surface area contributed by atoms with E-state index in [2.05, 4.69) is 10.0 Å². The van der Waals surface area contributed by atoms with E-state index in [4.69, 9.17) is 9.47 Å². The molecule has 0 aromatic heterocycles. The van der Waals surface area contributed by atoms with Gasteiger partial charge in [0.05, 0.1) is 19.1 Å². The Kier molecular flexibility index (Phi) is 4.99. The number of hydrogen-bond acceptors (Lipinski definition) is 5. The van der Waals surface area contributed by atoms with Crippen molar-refractivity contribution in [3.8, 4) is 11.5 Å². The van der Waals surface area contributed by atoms with Crippen molar-refractivity contribution in [2.75, 3.05) is 27.3 Å². The van der Waals surface area contributed by atoms with Gasteiger partial charge < -0.3 is 14.8 Å². The summed E-state index contributed by atoms with van der Waals surface area (Å²) in [5.74, 6) is 0.927. The average molecular weight is 328 g/mol. The minimum atomic E-state index is -3.62. The van der Waals surface area contributed by atoms with Crippen LogP contribution in [0.1, 0.15) is 25.3 Å². The molecule has 1 saturated heterocycles. The first kappa shape index (κ1) is 17.1. The first-order valence-corrected chi connectivity index (χ1v) is 8.77. The number of aryl methyl sites for hydroxylation is 1. The molecule has 124 valence electrons. The van der Waals surface area contributed by atoms with Gasteiger partial charge in [-0.1, -0.05) is 0 Å². The van der Waals surface area contributed by atoms with E-state index in [-0.39, 0.29) is 4.90 Å². The Morgan fingerprint density at radius 1 is 1.14 bits per heavy atom. The lowest BCUT2D eigenvalue weighted by atomic mass is 9.92. The van der Waals surface area contributed by atoms with Crippen molar-refractivity contribution in [3.63, 3.8) is 0 Å². The number of methoxy groups -OCH3 is 2. The molecule has 1 aromatic rings. The summed E-state index contributed by atoms with van der Waals surface area (Å²) in [6.45, 7) is 5.32. The first-order valence-electron chi connectivity index (χ1n) is 7.29. The van der Waals surface area contributed by atoms with E-state index in [1.54, 1.807) is 13.0 Å². The van der Waals surface area contributed by atoms with Gasteiger partial charge in [-0.3, -0.25) is 0 Å². The second kappa shape index (κ2) is 6.44. The Bertz CT molecular complexity index is 637. The van der Waals surface area contributed by atoms with E-state index >= 15 is 0 Å². The third-order valence-corrected chi connectivity index (χ3v) is 5.84. The van der Waals surface area contributed by atoms with Crippen molar-refractivity contribution in [1.82, 2.24) is 10.0 Å². The molecule has 0 aliphatic carbocycles. The zero-order valence-corrected chi connectivity index (χ0v) is 14.3. The van der Waals surface area contributed by atoms with E-state index in [9.17, 15) is 8.42 Å². The van der Waals surface area contributed by atoms with E-state index in [1.807, 2.05) is 6.92 Å². The molecule has 6 nitrogen and oxygen atoms in total. The smallest absolute Gasteiger partial charge is 0.241 e. The highest BCUT2D eigenvalue weighted by atomic mass is 32.2. The van der Waals surface area contributed by atoms with Gasteiger partial charge in [0.1, 0.15) is 0 Å². The predicted octanol–water partition coefficient (Wildman–Crippen LogP) is 1.43. The SMILES string of the molecule is COc1cc(C)c(S(=O)(=O)NC2(C)CCNCC2)cc1OC. The van der Waals surface area contributed by atoms with Crippen LogP contribution in [0.15, 0.2) is 17.0 Å². The monoisotopic (exact) mass is 328 g/mol. The number of rotatable bonds is 5. The number of sulfonamides is 1. The first-order chi connectivity index (χ1) is 10.3. The molecule has 0 amide bonds. The van der Waals surface area contributed by atoms with Gasteiger partial charge in [-0.15, -0.1) is 0 Å². The summed E-state index contributed by atoms with van der Waals surface area (Å²) in [6, 6.07) is 3.19. The Labute approximate surface area is 132 Å². The van der Waals surface area contributed by atoms with Crippen molar-refractivity contribution in [3.05, 3.63) is 17.7 Å². The minimum Gasteiger partial charge on any atom is -0.493 e. The number of piperidine rings is 1. The Hall–Kier alpha value is -1.31. The van der Waals surface area contributed by atoms with Gasteiger partial charge >= 0.3 is 0 Å². The molecule has 7 heteroatoms. The lowest BCUT2D eigenvalue weighted by Gasteiger charge is -2.34. The highest BCUT2D eigenvalue weighted by Crippen LogP contribution is 2.33. The molecule has 2 N–H and O–H groups in total. The summed E-state index contributed by atoms with van der Waals surface area (Å²) in [6.07, 6.45) is 1.52. The van der Waals surface area contributed by atoms with Gasteiger partial charge in [0.2, 0.25) is 10.0 Å². The molecule has 1 fully saturated rings. The Morgan fingerprint density at radius 3 is 2.23 bits per heavy atom. The van der Waals surface area contributed by atoms with Gasteiger partial charge in [0.25, 0.3) is 0 Å². The minimum absolute atomic E-state index is 0.227. The zero-order chi connectivity index (χ0) is 16.4. The third kappa shape index (κ3) is 3.53. The van der Waals surface area contributed by atoms with Crippen molar-refractivity contribution < 1.29 is 17.9 Å². The van der Waals surface area contributed by atoms with Crippen LogP contribution >= 0.6 is 0 Å². The molecule has 0 atom stereocenters. The maximum atomic E-state index is 12.8. The average Bonchev–Trinajstić information content (AvgIpc) is 2.46. The molecule has 2 rings (SSSR count). The summed E-state index contributed by atoms with van der Waals surface area (Å²) in [5, 5.41) is 3.24. The lowest BCUT2D eigenvalue weighted by Crippen LogP contribution is -2.52. The normalized spacial score (nSPS) is 18.0. The molecule has 0 spiro atoms. The summed E-state index contributed by atoms with van der Waals surface area (Å²) < 4.78 is 38.8. The number of hydrogen-bond donors (Lipinski definition) is 2. The highest BCUT2D eigenvalue weighted by Gasteiger charge is 2.33. The van der Waals surface area contributed by atoms with Gasteiger partial charge in [-0.05, 0) is 51.4 Å². The van der Waals surface area contributed by atoms with E-state index in [1.165, 1.54) is 20.3 Å². The van der Waals surface area contributed by atoms with Crippen molar-refractivity contribution in [2.45, 2.75) is 37.1 Å². The molecule has 0 radical (unpaired) electrons. The van der Waals surface area contributed by atoms with Crippen LogP contribution < -0.4 is 19.5 Å². The highest BCUT2D eigenvalue weighted by molar-refractivity contribution is 7.89. The fourth-order valence-electron chi connectivity index (χ4n) is 2.71. The summed E-state index contributed by atoms with van der Waals surface area (Å²) >= 11 is 0. The summed E-state index contributed by atoms with van der Waals surface area (Å²) in [7, 11) is -0.601. The number of nitrogens with one attached hydrogen (secondary N) is 2. The molecule has 0 unspecified atom stereocenters. The molecule has 1 aromatic carbocycles. The Morgan fingerprint density at radius 2 is 1.68 bits per heavy atom. The van der Waals surface area contributed by atoms with Gasteiger partial charge in [0, 0.05) is 11.6 Å². The van der Waals surface area contributed by atoms with Crippen LogP contribution in [0.2, 0.25) is 0 Å². The van der Waals surface area contributed by atoms with Crippen molar-refractivity contribution >= 4 is 10.0 Å². The van der Waals surface area contributed by atoms with Crippen LogP contribution in [0.25, 0.3) is 0 Å². The fourth-order valence-corrected chi connectivity index (χ4v) is 4.42. The van der Waals surface area contributed by atoms with Gasteiger partial charge in [-0.2, -0.15) is 0 Å². The molecule has 1 heterocycles. The predicted molar refractivity (Wildman–Crippen MR) is 85.1 cm³/mol. The maximum absolute atomic E-state index is 12.8. The molecular formula is C15H24N2O4S. The van der Waals surface area contributed by atoms with Crippen molar-refractivity contribution in [1.29, 1.82) is 0 Å². The van der Waals surface area contributed by atoms with Crippen LogP contribution in [0, 0.1) is 6.92 Å². The standard InChI is InChI=1S/C15H24N2O4S/c1-11-9-12(20-3)13(21-4)10-14(11)22(18,19)17-15(2)5-7-16-8-6-15/h9-10,16-17H,5-8H2,1-4H3. The van der Waals surface area contributed by atoms with Gasteiger partial charge in [0.15, 0.2) is 11.5 Å². The van der Waals surface area contributed by atoms with Crippen LogP contribution in [-0.4, -0.2) is 41.3 Å². The van der Waals surface area contributed by atoms with Gasteiger partial charge in [-0.25, -0.2) is 13.1 Å². The largest absolute Gasteiger partial charge is 0.493 e. The van der Waals surface area contributed by atoms with Crippen LogP contribution in [0.4, 0.5) is 0 Å². The molecular weight excluding hydrogens is 304 g/mol. The molecule has 1 aliphatic rings. The zero-order valence-electron chi connectivity index (χ0n) is 13.5. The summed E-state index contributed by atoms with van der Waals surface area (Å²) in [5.41, 5.74) is 0.201. The lowest BCUT2D eigenvalue weighted by molar-refractivity contribution is 0.307. The quantitative estimate of drug-likeness (QED) is 0.855. The molecule has 0 bridgehead atoms. The number of ether oxygens (including phenoxy) is 2. The van der Waals surface area contributed by atoms with Crippen molar-refractivity contribution in [2.24, 2.45) is 0 Å². The number of benzene rings is 1. The maximum Gasteiger partial charge on any atom is 0.241 e. The molecule has 0 saturated carbocycles. The second-order valence-electron chi connectivity index (χ2n) is 5.89. The fraction of sp³-hybridized carbons (Fsp3) is 0.600. The molecule has 1 aliphatic heterocycles. The topological polar surface area (TPSA) is 76.7 Å². The third-order valence-electron chi connectivity index (χ3n) is 4.06. The summed E-state index contributed by atoms with van der Waals surface area (Å²) in [4.78, 5) is 0.227. The van der Waals surface area contributed by atoms with Crippen LogP contribution in [0.3, 0.4) is 0 Å². The van der Waals surface area contributed by atoms with Crippen LogP contribution in [-0.2, 0) is 10.0 Å². The van der Waals surface area contributed by atoms with E-state index in [0.29, 0.717) is 17.1 Å². The van der Waals surface area contributed by atoms with E-state index < -0.39 is 15.6 Å².